The first-order valence-corrected chi connectivity index (χ1v) is 5.70. The molecule has 0 amide bonds. The molecule has 1 atom stereocenters. The fraction of sp³-hybridized carbons (Fsp3) is 0.417. The molecule has 1 rings (SSSR count). The standard InChI is InChI=1S/C12H17F2N3O/c1-2-9(6-12(15)17-18)16-7-8-3-4-10(13)11(14)5-8/h3-5,9,16,18H,2,6-7H2,1H3,(H2,15,17). The Morgan fingerprint density at radius 2 is 2.17 bits per heavy atom. The maximum Gasteiger partial charge on any atom is 0.159 e. The van der Waals surface area contributed by atoms with Crippen molar-refractivity contribution in [1.29, 1.82) is 0 Å². The fourth-order valence-corrected chi connectivity index (χ4v) is 1.57. The fourth-order valence-electron chi connectivity index (χ4n) is 1.57. The molecule has 18 heavy (non-hydrogen) atoms. The summed E-state index contributed by atoms with van der Waals surface area (Å²) in [7, 11) is 0. The molecule has 0 aromatic heterocycles. The number of nitrogens with one attached hydrogen (secondary N) is 1. The maximum atomic E-state index is 13.0. The number of nitrogens with two attached hydrogens (primary N) is 1. The van der Waals surface area contributed by atoms with Gasteiger partial charge in [-0.15, -0.1) is 0 Å². The molecule has 1 aromatic rings. The van der Waals surface area contributed by atoms with Crippen LogP contribution < -0.4 is 11.1 Å². The van der Waals surface area contributed by atoms with E-state index < -0.39 is 11.6 Å². The number of nitrogens with zero attached hydrogens (tertiary/aromatic N) is 1. The minimum atomic E-state index is -0.862. The lowest BCUT2D eigenvalue weighted by molar-refractivity contribution is 0.315. The molecular formula is C12H17F2N3O. The van der Waals surface area contributed by atoms with Crippen LogP contribution in [-0.2, 0) is 6.54 Å². The quantitative estimate of drug-likeness (QED) is 0.316. The Morgan fingerprint density at radius 3 is 2.72 bits per heavy atom. The van der Waals surface area contributed by atoms with Crippen LogP contribution in [0.4, 0.5) is 8.78 Å². The molecule has 0 aliphatic heterocycles. The number of halogens is 2. The van der Waals surface area contributed by atoms with E-state index in [9.17, 15) is 8.78 Å². The van der Waals surface area contributed by atoms with E-state index in [0.717, 1.165) is 18.6 Å². The second-order valence-electron chi connectivity index (χ2n) is 4.03. The van der Waals surface area contributed by atoms with Gasteiger partial charge in [0.05, 0.1) is 0 Å². The van der Waals surface area contributed by atoms with E-state index >= 15 is 0 Å². The van der Waals surface area contributed by atoms with Crippen LogP contribution in [-0.4, -0.2) is 17.1 Å². The Balaban J connectivity index is 2.54. The molecule has 1 aromatic carbocycles. The SMILES string of the molecule is CCC(CC(N)=NO)NCc1ccc(F)c(F)c1. The number of benzene rings is 1. The second-order valence-corrected chi connectivity index (χ2v) is 4.03. The predicted octanol–water partition coefficient (Wildman–Crippen LogP) is 1.97. The van der Waals surface area contributed by atoms with E-state index in [1.54, 1.807) is 0 Å². The average Bonchev–Trinajstić information content (AvgIpc) is 2.38. The van der Waals surface area contributed by atoms with Crippen LogP contribution >= 0.6 is 0 Å². The monoisotopic (exact) mass is 257 g/mol. The van der Waals surface area contributed by atoms with Crippen LogP contribution in [0.15, 0.2) is 23.4 Å². The molecule has 0 aliphatic carbocycles. The second kappa shape index (κ2) is 6.90. The van der Waals surface area contributed by atoms with Gasteiger partial charge in [0, 0.05) is 19.0 Å². The van der Waals surface area contributed by atoms with Crippen LogP contribution in [0.3, 0.4) is 0 Å². The summed E-state index contributed by atoms with van der Waals surface area (Å²) in [6.45, 7) is 2.35. The molecule has 0 saturated heterocycles. The van der Waals surface area contributed by atoms with Crippen molar-refractivity contribution in [2.24, 2.45) is 10.9 Å². The normalized spacial score (nSPS) is 13.6. The minimum Gasteiger partial charge on any atom is -0.409 e. The maximum absolute atomic E-state index is 13.0. The third kappa shape index (κ3) is 4.29. The smallest absolute Gasteiger partial charge is 0.159 e. The third-order valence-electron chi connectivity index (χ3n) is 2.66. The van der Waals surface area contributed by atoms with Gasteiger partial charge in [-0.2, -0.15) is 0 Å². The van der Waals surface area contributed by atoms with Gasteiger partial charge in [-0.3, -0.25) is 0 Å². The van der Waals surface area contributed by atoms with Gasteiger partial charge in [-0.05, 0) is 24.1 Å². The predicted molar refractivity (Wildman–Crippen MR) is 65.3 cm³/mol. The number of amidine groups is 1. The summed E-state index contributed by atoms with van der Waals surface area (Å²) in [6.07, 6.45) is 1.18. The Labute approximate surface area is 104 Å². The van der Waals surface area contributed by atoms with Gasteiger partial charge < -0.3 is 16.3 Å². The lowest BCUT2D eigenvalue weighted by atomic mass is 10.1. The van der Waals surface area contributed by atoms with Gasteiger partial charge in [0.2, 0.25) is 0 Å². The highest BCUT2D eigenvalue weighted by molar-refractivity contribution is 5.80. The topological polar surface area (TPSA) is 70.6 Å². The van der Waals surface area contributed by atoms with Crippen molar-refractivity contribution in [3.05, 3.63) is 35.4 Å². The highest BCUT2D eigenvalue weighted by atomic mass is 19.2. The van der Waals surface area contributed by atoms with E-state index in [4.69, 9.17) is 10.9 Å². The number of oxime groups is 1. The largest absolute Gasteiger partial charge is 0.409 e. The Hall–Kier alpha value is -1.69. The number of rotatable bonds is 6. The molecule has 0 spiro atoms. The lowest BCUT2D eigenvalue weighted by Gasteiger charge is -2.16. The van der Waals surface area contributed by atoms with Crippen LogP contribution in [0.1, 0.15) is 25.3 Å². The first-order valence-electron chi connectivity index (χ1n) is 5.70. The summed E-state index contributed by atoms with van der Waals surface area (Å²) in [5.41, 5.74) is 6.06. The summed E-state index contributed by atoms with van der Waals surface area (Å²) in [5.74, 6) is -1.58. The average molecular weight is 257 g/mol. The first-order chi connectivity index (χ1) is 8.56. The summed E-state index contributed by atoms with van der Waals surface area (Å²) >= 11 is 0. The molecule has 1 unspecified atom stereocenters. The molecule has 0 aliphatic rings. The molecule has 4 N–H and O–H groups in total. The third-order valence-corrected chi connectivity index (χ3v) is 2.66. The molecule has 6 heteroatoms. The molecule has 100 valence electrons. The van der Waals surface area contributed by atoms with Gasteiger partial charge >= 0.3 is 0 Å². The van der Waals surface area contributed by atoms with Gasteiger partial charge in [0.25, 0.3) is 0 Å². The van der Waals surface area contributed by atoms with Crippen LogP contribution in [0, 0.1) is 11.6 Å². The van der Waals surface area contributed by atoms with Crippen molar-refractivity contribution in [2.75, 3.05) is 0 Å². The van der Waals surface area contributed by atoms with Gasteiger partial charge in [0.1, 0.15) is 5.84 Å². The molecule has 0 radical (unpaired) electrons. The summed E-state index contributed by atoms with van der Waals surface area (Å²) in [4.78, 5) is 0. The Bertz CT molecular complexity index is 424. The van der Waals surface area contributed by atoms with Crippen molar-refractivity contribution in [3.8, 4) is 0 Å². The van der Waals surface area contributed by atoms with Crippen LogP contribution in [0.5, 0.6) is 0 Å². The lowest BCUT2D eigenvalue weighted by Crippen LogP contribution is -2.32. The highest BCUT2D eigenvalue weighted by Crippen LogP contribution is 2.09. The summed E-state index contributed by atoms with van der Waals surface area (Å²) in [5, 5.41) is 14.5. The van der Waals surface area contributed by atoms with E-state index in [-0.39, 0.29) is 11.9 Å². The number of hydrogen-bond acceptors (Lipinski definition) is 3. The van der Waals surface area contributed by atoms with Crippen LogP contribution in [0.2, 0.25) is 0 Å². The van der Waals surface area contributed by atoms with Crippen LogP contribution in [0.25, 0.3) is 0 Å². The van der Waals surface area contributed by atoms with Crippen molar-refractivity contribution in [2.45, 2.75) is 32.4 Å². The van der Waals surface area contributed by atoms with E-state index in [1.807, 2.05) is 6.92 Å². The van der Waals surface area contributed by atoms with Crippen molar-refractivity contribution in [1.82, 2.24) is 5.32 Å². The molecule has 0 saturated carbocycles. The van der Waals surface area contributed by atoms with Crippen molar-refractivity contribution >= 4 is 5.84 Å². The first kappa shape index (κ1) is 14.4. The number of hydrogen-bond donors (Lipinski definition) is 3. The zero-order chi connectivity index (χ0) is 13.5. The molecule has 0 heterocycles. The van der Waals surface area contributed by atoms with Crippen molar-refractivity contribution in [3.63, 3.8) is 0 Å². The summed E-state index contributed by atoms with van der Waals surface area (Å²) in [6, 6.07) is 3.78. The zero-order valence-electron chi connectivity index (χ0n) is 10.2. The molecule has 0 fully saturated rings. The highest BCUT2D eigenvalue weighted by Gasteiger charge is 2.09. The van der Waals surface area contributed by atoms with Gasteiger partial charge in [-0.25, -0.2) is 8.78 Å². The Kier molecular flexibility index (Phi) is 5.51. The summed E-state index contributed by atoms with van der Waals surface area (Å²) < 4.78 is 25.7. The van der Waals surface area contributed by atoms with E-state index in [2.05, 4.69) is 10.5 Å². The minimum absolute atomic E-state index is 0.0222. The van der Waals surface area contributed by atoms with E-state index in [1.165, 1.54) is 6.07 Å². The molecular weight excluding hydrogens is 240 g/mol. The molecule has 4 nitrogen and oxygen atoms in total. The van der Waals surface area contributed by atoms with Gasteiger partial charge in [0.15, 0.2) is 11.6 Å². The Morgan fingerprint density at radius 1 is 1.44 bits per heavy atom. The zero-order valence-corrected chi connectivity index (χ0v) is 10.2. The van der Waals surface area contributed by atoms with Gasteiger partial charge in [-0.1, -0.05) is 18.1 Å². The van der Waals surface area contributed by atoms with Crippen molar-refractivity contribution < 1.29 is 14.0 Å². The van der Waals surface area contributed by atoms with E-state index in [0.29, 0.717) is 18.5 Å². The molecule has 0 bridgehead atoms.